The van der Waals surface area contributed by atoms with Crippen LogP contribution in [0.5, 0.6) is 0 Å². The zero-order valence-corrected chi connectivity index (χ0v) is 10.6. The number of aliphatic hydroxyl groups excluding tert-OH is 3. The number of hydrogen-bond acceptors (Lipinski definition) is 13. The van der Waals surface area contributed by atoms with Crippen molar-refractivity contribution < 1.29 is 64.1 Å². The molecule has 0 unspecified atom stereocenters. The summed E-state index contributed by atoms with van der Waals surface area (Å²) in [6, 6.07) is 0. The second-order valence-electron chi connectivity index (χ2n) is 3.42. The van der Waals surface area contributed by atoms with E-state index < -0.39 is 45.6 Å². The Morgan fingerprint density at radius 2 is 0.850 bits per heavy atom. The second-order valence-corrected chi connectivity index (χ2v) is 4.87. The maximum absolute atomic E-state index is 11.8. The van der Waals surface area contributed by atoms with Crippen molar-refractivity contribution in [2.45, 2.75) is 17.9 Å². The van der Waals surface area contributed by atoms with Gasteiger partial charge in [0.25, 0.3) is 0 Å². The predicted octanol–water partition coefficient (Wildman–Crippen LogP) is -4.96. The first kappa shape index (κ1) is 19.8. The molecule has 0 aromatic heterocycles. The lowest BCUT2D eigenvalue weighted by molar-refractivity contribution is -0.366. The van der Waals surface area contributed by atoms with Crippen LogP contribution in [0.2, 0.25) is 0 Å². The number of hydrogen-bond donors (Lipinski definition) is 9. The highest BCUT2D eigenvalue weighted by Gasteiger charge is 2.49. The average Bonchev–Trinajstić information content (AvgIpc) is 2.26. The van der Waals surface area contributed by atoms with E-state index in [0.717, 1.165) is 0 Å². The summed E-state index contributed by atoms with van der Waals surface area (Å²) in [7, 11) is -5.61. The molecule has 0 aliphatic carbocycles. The van der Waals surface area contributed by atoms with Gasteiger partial charge in [-0.15, -0.1) is 0 Å². The molecule has 122 valence electrons. The van der Waals surface area contributed by atoms with Crippen LogP contribution in [0.15, 0.2) is 0 Å². The van der Waals surface area contributed by atoms with E-state index in [2.05, 4.69) is 13.6 Å². The van der Waals surface area contributed by atoms with Crippen molar-refractivity contribution in [3.63, 3.8) is 0 Å². The van der Waals surface area contributed by atoms with Crippen molar-refractivity contribution in [3.05, 3.63) is 0 Å². The lowest BCUT2D eigenvalue weighted by Gasteiger charge is -2.31. The van der Waals surface area contributed by atoms with E-state index in [-0.39, 0.29) is 0 Å². The Balaban J connectivity index is 5.29. The Morgan fingerprint density at radius 3 is 1.00 bits per heavy atom. The molecule has 0 saturated carbocycles. The van der Waals surface area contributed by atoms with E-state index in [4.69, 9.17) is 46.0 Å². The molecule has 9 N–H and O–H groups in total. The lowest BCUT2D eigenvalue weighted by Crippen LogP contribution is -2.43. The Morgan fingerprint density at radius 1 is 0.650 bits per heavy atom. The van der Waals surface area contributed by atoms with E-state index >= 15 is 0 Å². The molecular formula is C6H15O13P. The highest BCUT2D eigenvalue weighted by molar-refractivity contribution is 7.48. The fraction of sp³-hybridized carbons (Fsp3) is 1.00. The summed E-state index contributed by atoms with van der Waals surface area (Å²) in [4.78, 5) is 0. The van der Waals surface area contributed by atoms with Crippen LogP contribution in [-0.2, 0) is 18.1 Å². The van der Waals surface area contributed by atoms with Crippen LogP contribution in [0.4, 0.5) is 0 Å². The van der Waals surface area contributed by atoms with Gasteiger partial charge >= 0.3 is 25.7 Å². The van der Waals surface area contributed by atoms with Gasteiger partial charge in [0.05, 0.1) is 0 Å². The van der Waals surface area contributed by atoms with Gasteiger partial charge in [0.1, 0.15) is 19.8 Å². The zero-order chi connectivity index (χ0) is 16.2. The van der Waals surface area contributed by atoms with Crippen LogP contribution < -0.4 is 0 Å². The van der Waals surface area contributed by atoms with Gasteiger partial charge in [-0.1, -0.05) is 0 Å². The maximum atomic E-state index is 11.8. The first-order valence-corrected chi connectivity index (χ1v) is 6.15. The van der Waals surface area contributed by atoms with Crippen molar-refractivity contribution in [3.8, 4) is 0 Å². The molecular weight excluding hydrogens is 311 g/mol. The molecule has 20 heavy (non-hydrogen) atoms. The predicted molar refractivity (Wildman–Crippen MR) is 53.6 cm³/mol. The summed E-state index contributed by atoms with van der Waals surface area (Å²) in [6.45, 7) is -4.85. The largest absolute Gasteiger partial charge is 0.488 e. The van der Waals surface area contributed by atoms with Crippen LogP contribution in [0, 0.1) is 0 Å². The molecule has 0 aliphatic heterocycles. The zero-order valence-electron chi connectivity index (χ0n) is 9.73. The molecule has 0 aromatic carbocycles. The topological polar surface area (TPSA) is 227 Å². The van der Waals surface area contributed by atoms with Crippen molar-refractivity contribution in [2.75, 3.05) is 19.8 Å². The van der Waals surface area contributed by atoms with Crippen LogP contribution in [0.3, 0.4) is 0 Å². The number of phosphoric ester groups is 1. The minimum absolute atomic E-state index is 1.62. The number of aliphatic hydroxyl groups is 9. The molecule has 0 atom stereocenters. The Bertz CT molecular complexity index is 298. The molecule has 0 saturated heterocycles. The quantitative estimate of drug-likeness (QED) is 0.143. The highest BCUT2D eigenvalue weighted by atomic mass is 31.2. The molecule has 0 fully saturated rings. The molecule has 13 nitrogen and oxygen atoms in total. The van der Waals surface area contributed by atoms with Gasteiger partial charge in [-0.25, -0.2) is 18.1 Å². The van der Waals surface area contributed by atoms with Gasteiger partial charge in [0.15, 0.2) is 0 Å². The van der Waals surface area contributed by atoms with Gasteiger partial charge in [-0.05, 0) is 0 Å². The van der Waals surface area contributed by atoms with E-state index in [0.29, 0.717) is 0 Å². The second kappa shape index (κ2) is 6.67. The summed E-state index contributed by atoms with van der Waals surface area (Å²) in [5.74, 6) is -10.8. The summed E-state index contributed by atoms with van der Waals surface area (Å²) >= 11 is 0. The number of rotatable bonds is 9. The minimum atomic E-state index is -5.61. The number of phosphoric acid groups is 1. The molecule has 0 spiro atoms. The summed E-state index contributed by atoms with van der Waals surface area (Å²) in [6.07, 6.45) is 0. The van der Waals surface area contributed by atoms with Gasteiger partial charge < -0.3 is 46.0 Å². The van der Waals surface area contributed by atoms with E-state index in [9.17, 15) is 4.57 Å². The summed E-state index contributed by atoms with van der Waals surface area (Å²) in [5, 5.41) is 78.8. The lowest BCUT2D eigenvalue weighted by atomic mass is 10.6. The average molecular weight is 326 g/mol. The molecule has 0 rings (SSSR count). The Kier molecular flexibility index (Phi) is 6.59. The fourth-order valence-corrected chi connectivity index (χ4v) is 2.04. The van der Waals surface area contributed by atoms with Crippen molar-refractivity contribution >= 4 is 7.82 Å². The van der Waals surface area contributed by atoms with Gasteiger partial charge in [-0.3, -0.25) is 0 Å². The van der Waals surface area contributed by atoms with Crippen molar-refractivity contribution in [1.82, 2.24) is 0 Å². The van der Waals surface area contributed by atoms with Crippen LogP contribution >= 0.6 is 7.82 Å². The van der Waals surface area contributed by atoms with Crippen LogP contribution in [0.1, 0.15) is 0 Å². The van der Waals surface area contributed by atoms with E-state index in [1.54, 1.807) is 0 Å². The van der Waals surface area contributed by atoms with Gasteiger partial charge in [0.2, 0.25) is 0 Å². The molecule has 0 bridgehead atoms. The Labute approximate surface area is 111 Å². The molecule has 0 aliphatic rings. The smallest absolute Gasteiger partial charge is 0.388 e. The van der Waals surface area contributed by atoms with E-state index in [1.807, 2.05) is 0 Å². The third kappa shape index (κ3) is 6.96. The SMILES string of the molecule is O=P(OC(O)(O)CO)(OC(O)(O)CO)OC(O)(O)CO. The molecule has 0 radical (unpaired) electrons. The summed E-state index contributed by atoms with van der Waals surface area (Å²) < 4.78 is 23.1. The molecule has 14 heteroatoms. The monoisotopic (exact) mass is 326 g/mol. The van der Waals surface area contributed by atoms with Crippen LogP contribution in [-0.4, -0.2) is 83.7 Å². The molecule has 0 aromatic rings. The molecule has 0 amide bonds. The first-order chi connectivity index (χ1) is 8.80. The summed E-state index contributed by atoms with van der Waals surface area (Å²) in [5.41, 5.74) is 0. The van der Waals surface area contributed by atoms with E-state index in [1.165, 1.54) is 0 Å². The minimum Gasteiger partial charge on any atom is -0.388 e. The first-order valence-electron chi connectivity index (χ1n) is 4.69. The highest BCUT2D eigenvalue weighted by Crippen LogP contribution is 2.55. The molecule has 0 heterocycles. The third-order valence-corrected chi connectivity index (χ3v) is 2.94. The Hall–Kier alpha value is -0.250. The van der Waals surface area contributed by atoms with Gasteiger partial charge in [0, 0.05) is 0 Å². The van der Waals surface area contributed by atoms with Crippen LogP contribution in [0.25, 0.3) is 0 Å². The third-order valence-electron chi connectivity index (χ3n) is 1.39. The fourth-order valence-electron chi connectivity index (χ4n) is 0.680. The standard InChI is InChI=1S/C6H15O13P/c7-1-4(10,11)17-20(16,18-5(12,13)2-8)19-6(14,15)3-9/h7-15H,1-3H2. The van der Waals surface area contributed by atoms with Crippen molar-refractivity contribution in [2.24, 2.45) is 0 Å². The normalized spacial score (nSPS) is 14.7. The maximum Gasteiger partial charge on any atom is 0.488 e. The van der Waals surface area contributed by atoms with Gasteiger partial charge in [-0.2, -0.15) is 0 Å². The van der Waals surface area contributed by atoms with Crippen molar-refractivity contribution in [1.29, 1.82) is 0 Å².